The van der Waals surface area contributed by atoms with Gasteiger partial charge in [-0.25, -0.2) is 9.38 Å². The van der Waals surface area contributed by atoms with Crippen LogP contribution in [-0.4, -0.2) is 49.4 Å². The van der Waals surface area contributed by atoms with Gasteiger partial charge < -0.3 is 16.0 Å². The van der Waals surface area contributed by atoms with Crippen molar-refractivity contribution in [3.63, 3.8) is 0 Å². The van der Waals surface area contributed by atoms with Crippen LogP contribution in [-0.2, 0) is 0 Å². The highest BCUT2D eigenvalue weighted by molar-refractivity contribution is 5.80. The summed E-state index contributed by atoms with van der Waals surface area (Å²) in [6, 6.07) is 0.0306. The highest BCUT2D eigenvalue weighted by atomic mass is 19.4. The van der Waals surface area contributed by atoms with E-state index in [1.807, 2.05) is 7.05 Å². The van der Waals surface area contributed by atoms with E-state index in [9.17, 15) is 17.6 Å². The Morgan fingerprint density at radius 2 is 2.19 bits per heavy atom. The van der Waals surface area contributed by atoms with Gasteiger partial charge in [-0.05, 0) is 38.2 Å². The second-order valence-corrected chi connectivity index (χ2v) is 5.34. The fourth-order valence-electron chi connectivity index (χ4n) is 2.41. The Labute approximate surface area is 120 Å². The zero-order chi connectivity index (χ0) is 15.6. The normalized spacial score (nSPS) is 31.4. The monoisotopic (exact) mass is 306 g/mol. The number of halogens is 4. The van der Waals surface area contributed by atoms with Crippen LogP contribution in [0, 0.1) is 5.92 Å². The molecule has 3 N–H and O–H groups in total. The highest BCUT2D eigenvalue weighted by Gasteiger charge is 2.44. The molecule has 0 bridgehead atoms. The van der Waals surface area contributed by atoms with Crippen LogP contribution >= 0.6 is 0 Å². The predicted octanol–water partition coefficient (Wildman–Crippen LogP) is 1.57. The van der Waals surface area contributed by atoms with E-state index in [1.165, 1.54) is 6.08 Å². The molecule has 21 heavy (non-hydrogen) atoms. The molecule has 4 nitrogen and oxygen atoms in total. The molecule has 1 heterocycles. The molecule has 0 aromatic heterocycles. The van der Waals surface area contributed by atoms with Crippen molar-refractivity contribution in [2.45, 2.75) is 24.8 Å². The lowest BCUT2D eigenvalue weighted by atomic mass is 9.97. The largest absolute Gasteiger partial charge is 0.398 e. The maximum absolute atomic E-state index is 13.3. The van der Waals surface area contributed by atoms with E-state index < -0.39 is 18.3 Å². The van der Waals surface area contributed by atoms with Gasteiger partial charge in [-0.3, -0.25) is 0 Å². The SMILES string of the molecule is CN1CCC(N=C(N)NC2=CC(C(F)(F)F)C(F)C=C2)C1. The van der Waals surface area contributed by atoms with Crippen molar-refractivity contribution in [2.24, 2.45) is 16.6 Å². The molecule has 3 atom stereocenters. The predicted molar refractivity (Wildman–Crippen MR) is 72.3 cm³/mol. The Hall–Kier alpha value is -1.57. The van der Waals surface area contributed by atoms with Gasteiger partial charge in [-0.2, -0.15) is 13.2 Å². The summed E-state index contributed by atoms with van der Waals surface area (Å²) in [5.74, 6) is -2.11. The minimum absolute atomic E-state index is 0.0306. The average molecular weight is 306 g/mol. The first-order chi connectivity index (χ1) is 9.75. The van der Waals surface area contributed by atoms with E-state index >= 15 is 0 Å². The zero-order valence-corrected chi connectivity index (χ0v) is 11.6. The number of nitrogens with zero attached hydrogens (tertiary/aromatic N) is 2. The second-order valence-electron chi connectivity index (χ2n) is 5.34. The van der Waals surface area contributed by atoms with Crippen LogP contribution in [0.4, 0.5) is 17.6 Å². The Morgan fingerprint density at radius 3 is 2.76 bits per heavy atom. The maximum Gasteiger partial charge on any atom is 0.398 e. The molecule has 1 aliphatic carbocycles. The van der Waals surface area contributed by atoms with Gasteiger partial charge in [0.25, 0.3) is 0 Å². The third-order valence-corrected chi connectivity index (χ3v) is 3.50. The number of hydrogen-bond acceptors (Lipinski definition) is 2. The van der Waals surface area contributed by atoms with Gasteiger partial charge in [0.15, 0.2) is 5.96 Å². The molecule has 1 fully saturated rings. The van der Waals surface area contributed by atoms with Crippen LogP contribution in [0.15, 0.2) is 28.9 Å². The number of nitrogens with one attached hydrogen (secondary N) is 1. The standard InChI is InChI=1S/C13H18F4N4/c1-21-5-4-9(7-21)20-12(18)19-8-2-3-11(14)10(6-8)13(15,16)17/h2-3,6,9-11H,4-5,7H2,1H3,(H3,18,19,20). The molecule has 0 saturated carbocycles. The fourth-order valence-corrected chi connectivity index (χ4v) is 2.41. The number of guanidine groups is 1. The van der Waals surface area contributed by atoms with E-state index in [0.717, 1.165) is 31.7 Å². The first kappa shape index (κ1) is 15.8. The van der Waals surface area contributed by atoms with Crippen LogP contribution in [0.25, 0.3) is 0 Å². The van der Waals surface area contributed by atoms with Gasteiger partial charge in [0, 0.05) is 12.2 Å². The number of likely N-dealkylation sites (tertiary alicyclic amines) is 1. The van der Waals surface area contributed by atoms with E-state index in [4.69, 9.17) is 5.73 Å². The molecular weight excluding hydrogens is 288 g/mol. The van der Waals surface area contributed by atoms with Gasteiger partial charge in [-0.15, -0.1) is 0 Å². The van der Waals surface area contributed by atoms with Crippen LogP contribution in [0.2, 0.25) is 0 Å². The summed E-state index contributed by atoms with van der Waals surface area (Å²) in [6.45, 7) is 1.67. The van der Waals surface area contributed by atoms with Crippen molar-refractivity contribution < 1.29 is 17.6 Å². The molecule has 2 rings (SSSR count). The minimum Gasteiger partial charge on any atom is -0.370 e. The number of alkyl halides is 4. The zero-order valence-electron chi connectivity index (χ0n) is 11.6. The molecule has 118 valence electrons. The van der Waals surface area contributed by atoms with Crippen molar-refractivity contribution in [2.75, 3.05) is 20.1 Å². The van der Waals surface area contributed by atoms with Gasteiger partial charge in [0.05, 0.1) is 6.04 Å². The Morgan fingerprint density at radius 1 is 1.48 bits per heavy atom. The highest BCUT2D eigenvalue weighted by Crippen LogP contribution is 2.34. The molecule has 0 spiro atoms. The molecular formula is C13H18F4N4. The third-order valence-electron chi connectivity index (χ3n) is 3.50. The smallest absolute Gasteiger partial charge is 0.370 e. The summed E-state index contributed by atoms with van der Waals surface area (Å²) in [4.78, 5) is 6.31. The van der Waals surface area contributed by atoms with Gasteiger partial charge in [0.1, 0.15) is 12.1 Å². The third kappa shape index (κ3) is 4.20. The number of allylic oxidation sites excluding steroid dienone is 3. The Kier molecular flexibility index (Phi) is 4.55. The van der Waals surface area contributed by atoms with E-state index in [-0.39, 0.29) is 17.7 Å². The van der Waals surface area contributed by atoms with Gasteiger partial charge in [-0.1, -0.05) is 0 Å². The van der Waals surface area contributed by atoms with Crippen molar-refractivity contribution >= 4 is 5.96 Å². The molecule has 0 aromatic carbocycles. The lowest BCUT2D eigenvalue weighted by molar-refractivity contribution is -0.172. The summed E-state index contributed by atoms with van der Waals surface area (Å²) in [7, 11) is 1.96. The summed E-state index contributed by atoms with van der Waals surface area (Å²) >= 11 is 0. The maximum atomic E-state index is 13.3. The van der Waals surface area contributed by atoms with Crippen LogP contribution in [0.3, 0.4) is 0 Å². The minimum atomic E-state index is -4.63. The number of rotatable bonds is 2. The topological polar surface area (TPSA) is 53.6 Å². The van der Waals surface area contributed by atoms with E-state index in [2.05, 4.69) is 15.2 Å². The van der Waals surface area contributed by atoms with Gasteiger partial charge >= 0.3 is 6.18 Å². The Bertz CT molecular complexity index is 469. The lowest BCUT2D eigenvalue weighted by Crippen LogP contribution is -2.36. The average Bonchev–Trinajstić information content (AvgIpc) is 2.75. The van der Waals surface area contributed by atoms with Gasteiger partial charge in [0.2, 0.25) is 0 Å². The first-order valence-corrected chi connectivity index (χ1v) is 6.65. The van der Waals surface area contributed by atoms with Crippen LogP contribution < -0.4 is 11.1 Å². The number of hydrogen-bond donors (Lipinski definition) is 2. The number of likely N-dealkylation sites (N-methyl/N-ethyl adjacent to an activating group) is 1. The lowest BCUT2D eigenvalue weighted by Gasteiger charge is -2.23. The summed E-state index contributed by atoms with van der Waals surface area (Å²) in [5.41, 5.74) is 5.80. The first-order valence-electron chi connectivity index (χ1n) is 6.65. The van der Waals surface area contributed by atoms with Crippen LogP contribution in [0.1, 0.15) is 6.42 Å². The molecule has 1 aliphatic heterocycles. The van der Waals surface area contributed by atoms with Crippen molar-refractivity contribution in [1.29, 1.82) is 0 Å². The molecule has 0 radical (unpaired) electrons. The van der Waals surface area contributed by atoms with Crippen molar-refractivity contribution in [3.05, 3.63) is 23.9 Å². The fraction of sp³-hybridized carbons (Fsp3) is 0.615. The number of aliphatic imine (C=N–C) groups is 1. The number of nitrogens with two attached hydrogens (primary N) is 1. The molecule has 0 amide bonds. The van der Waals surface area contributed by atoms with Crippen molar-refractivity contribution in [3.8, 4) is 0 Å². The van der Waals surface area contributed by atoms with E-state index in [0.29, 0.717) is 0 Å². The second kappa shape index (κ2) is 6.05. The molecule has 0 aromatic rings. The molecule has 1 saturated heterocycles. The molecule has 3 unspecified atom stereocenters. The summed E-state index contributed by atoms with van der Waals surface area (Å²) < 4.78 is 51.3. The van der Waals surface area contributed by atoms with Crippen molar-refractivity contribution in [1.82, 2.24) is 10.2 Å². The summed E-state index contributed by atoms with van der Waals surface area (Å²) in [5, 5.41) is 2.60. The molecule has 8 heteroatoms. The summed E-state index contributed by atoms with van der Waals surface area (Å²) in [6.07, 6.45) is -2.93. The quantitative estimate of drug-likeness (QED) is 0.462. The van der Waals surface area contributed by atoms with E-state index in [1.54, 1.807) is 0 Å². The van der Waals surface area contributed by atoms with Crippen LogP contribution in [0.5, 0.6) is 0 Å². The Balaban J connectivity index is 2.02. The molecule has 2 aliphatic rings.